The van der Waals surface area contributed by atoms with Crippen LogP contribution in [0, 0.1) is 6.92 Å². The molecular weight excluding hydrogens is 378 g/mol. The molecule has 1 aromatic carbocycles. The van der Waals surface area contributed by atoms with Crippen LogP contribution >= 0.6 is 0 Å². The first-order chi connectivity index (χ1) is 14.7. The van der Waals surface area contributed by atoms with Gasteiger partial charge in [0.15, 0.2) is 0 Å². The van der Waals surface area contributed by atoms with Crippen molar-refractivity contribution in [3.05, 3.63) is 77.3 Å². The van der Waals surface area contributed by atoms with E-state index in [1.54, 1.807) is 6.08 Å². The summed E-state index contributed by atoms with van der Waals surface area (Å²) in [7, 11) is 0. The third-order valence-corrected chi connectivity index (χ3v) is 5.21. The molecule has 6 heteroatoms. The van der Waals surface area contributed by atoms with Crippen LogP contribution in [0.25, 0.3) is 17.3 Å². The van der Waals surface area contributed by atoms with Gasteiger partial charge in [-0.15, -0.1) is 0 Å². The maximum atomic E-state index is 12.7. The molecule has 30 heavy (non-hydrogen) atoms. The van der Waals surface area contributed by atoms with Crippen molar-refractivity contribution in [3.8, 4) is 11.3 Å². The summed E-state index contributed by atoms with van der Waals surface area (Å²) in [5, 5.41) is 4.08. The number of nitrogens with zero attached hydrogens (tertiary/aromatic N) is 3. The number of rotatable bonds is 5. The third kappa shape index (κ3) is 4.33. The molecule has 0 N–H and O–H groups in total. The second kappa shape index (κ2) is 9.05. The highest BCUT2D eigenvalue weighted by atomic mass is 16.5. The molecule has 2 aromatic heterocycles. The Hall–Kier alpha value is -3.25. The fourth-order valence-electron chi connectivity index (χ4n) is 3.62. The molecule has 0 saturated carbocycles. The topological polar surface area (TPSA) is 68.5 Å². The molecule has 0 radical (unpaired) electrons. The van der Waals surface area contributed by atoms with Crippen molar-refractivity contribution in [2.75, 3.05) is 19.7 Å². The van der Waals surface area contributed by atoms with E-state index in [4.69, 9.17) is 14.2 Å². The maximum Gasteiger partial charge on any atom is 0.246 e. The van der Waals surface area contributed by atoms with Gasteiger partial charge in [-0.2, -0.15) is 0 Å². The summed E-state index contributed by atoms with van der Waals surface area (Å²) in [5.74, 6) is 0.802. The van der Waals surface area contributed by atoms with Gasteiger partial charge in [0.1, 0.15) is 11.9 Å². The minimum absolute atomic E-state index is 0.0218. The van der Waals surface area contributed by atoms with Crippen LogP contribution in [0.4, 0.5) is 0 Å². The fraction of sp³-hybridized carbons (Fsp3) is 0.292. The number of ether oxygens (including phenoxy) is 1. The molecule has 154 valence electrons. The number of hydrogen-bond acceptors (Lipinski definition) is 5. The summed E-state index contributed by atoms with van der Waals surface area (Å²) < 4.78 is 11.4. The number of morpholine rings is 1. The zero-order chi connectivity index (χ0) is 20.9. The van der Waals surface area contributed by atoms with Crippen LogP contribution in [-0.4, -0.2) is 40.6 Å². The Balaban J connectivity index is 1.50. The number of benzene rings is 1. The molecule has 0 aliphatic carbocycles. The van der Waals surface area contributed by atoms with Gasteiger partial charge in [-0.25, -0.2) is 4.98 Å². The summed E-state index contributed by atoms with van der Waals surface area (Å²) in [6, 6.07) is 15.7. The zero-order valence-electron chi connectivity index (χ0n) is 17.2. The van der Waals surface area contributed by atoms with Gasteiger partial charge >= 0.3 is 0 Å². The van der Waals surface area contributed by atoms with Crippen LogP contribution in [0.2, 0.25) is 0 Å². The predicted octanol–water partition coefficient (Wildman–Crippen LogP) is 4.22. The summed E-state index contributed by atoms with van der Waals surface area (Å²) in [6.45, 7) is 5.47. The Morgan fingerprint density at radius 2 is 2.03 bits per heavy atom. The van der Waals surface area contributed by atoms with Crippen molar-refractivity contribution in [3.63, 3.8) is 0 Å². The number of hydrogen-bond donors (Lipinski definition) is 0. The van der Waals surface area contributed by atoms with Crippen molar-refractivity contribution in [1.82, 2.24) is 15.0 Å². The van der Waals surface area contributed by atoms with Crippen molar-refractivity contribution < 1.29 is 14.1 Å². The Morgan fingerprint density at radius 3 is 2.83 bits per heavy atom. The molecule has 1 fully saturated rings. The van der Waals surface area contributed by atoms with Crippen LogP contribution in [0.1, 0.15) is 35.7 Å². The van der Waals surface area contributed by atoms with Crippen LogP contribution in [-0.2, 0) is 16.0 Å². The minimum atomic E-state index is -0.266. The van der Waals surface area contributed by atoms with Crippen molar-refractivity contribution in [1.29, 1.82) is 0 Å². The van der Waals surface area contributed by atoms with E-state index in [9.17, 15) is 4.79 Å². The first-order valence-electron chi connectivity index (χ1n) is 10.2. The Bertz CT molecular complexity index is 1040. The number of aromatic nitrogens is 2. The van der Waals surface area contributed by atoms with E-state index in [0.717, 1.165) is 40.4 Å². The zero-order valence-corrected chi connectivity index (χ0v) is 17.2. The molecule has 3 heterocycles. The molecule has 1 amide bonds. The van der Waals surface area contributed by atoms with E-state index in [1.807, 2.05) is 73.4 Å². The molecule has 0 bridgehead atoms. The van der Waals surface area contributed by atoms with Crippen molar-refractivity contribution >= 4 is 12.0 Å². The number of aryl methyl sites for hydroxylation is 2. The first kappa shape index (κ1) is 20.0. The Labute approximate surface area is 176 Å². The number of pyridine rings is 1. The predicted molar refractivity (Wildman–Crippen MR) is 115 cm³/mol. The highest BCUT2D eigenvalue weighted by molar-refractivity contribution is 5.91. The largest absolute Gasteiger partial charge is 0.368 e. The van der Waals surface area contributed by atoms with Crippen molar-refractivity contribution in [2.24, 2.45) is 0 Å². The van der Waals surface area contributed by atoms with Gasteiger partial charge in [0.05, 0.1) is 35.8 Å². The first-order valence-corrected chi connectivity index (χ1v) is 10.2. The lowest BCUT2D eigenvalue weighted by molar-refractivity contribution is -0.133. The molecular formula is C24H25N3O3. The monoisotopic (exact) mass is 403 g/mol. The standard InChI is InChI=1S/C24H25N3O3/c1-3-21-24(17(2)26-30-21)20-11-7-10-19(25-20)22-16-27(14-15-29-22)23(28)13-12-18-8-5-4-6-9-18/h4-13,22H,3,14-16H2,1-2H3/b13-12+/t22-/m0/s1. The molecule has 3 aromatic rings. The minimum Gasteiger partial charge on any atom is -0.368 e. The molecule has 0 spiro atoms. The molecule has 0 unspecified atom stereocenters. The second-order valence-corrected chi connectivity index (χ2v) is 7.26. The number of carbonyl (C=O) groups is 1. The number of carbonyl (C=O) groups excluding carboxylic acids is 1. The molecule has 1 saturated heterocycles. The van der Waals surface area contributed by atoms with Crippen LogP contribution in [0.5, 0.6) is 0 Å². The normalized spacial score (nSPS) is 16.9. The average molecular weight is 403 g/mol. The van der Waals surface area contributed by atoms with Gasteiger partial charge in [-0.1, -0.05) is 48.5 Å². The molecule has 6 nitrogen and oxygen atoms in total. The summed E-state index contributed by atoms with van der Waals surface area (Å²) >= 11 is 0. The van der Waals surface area contributed by atoms with Gasteiger partial charge in [0.2, 0.25) is 5.91 Å². The lowest BCUT2D eigenvalue weighted by Gasteiger charge is -2.32. The van der Waals surface area contributed by atoms with E-state index < -0.39 is 0 Å². The molecule has 1 aliphatic heterocycles. The lowest BCUT2D eigenvalue weighted by Crippen LogP contribution is -2.41. The van der Waals surface area contributed by atoms with Crippen LogP contribution in [0.3, 0.4) is 0 Å². The van der Waals surface area contributed by atoms with Crippen LogP contribution < -0.4 is 0 Å². The maximum absolute atomic E-state index is 12.7. The average Bonchev–Trinajstić information content (AvgIpc) is 3.19. The highest BCUT2D eigenvalue weighted by Crippen LogP contribution is 2.29. The highest BCUT2D eigenvalue weighted by Gasteiger charge is 2.26. The van der Waals surface area contributed by atoms with Gasteiger partial charge in [0, 0.05) is 19.0 Å². The van der Waals surface area contributed by atoms with E-state index >= 15 is 0 Å². The Morgan fingerprint density at radius 1 is 1.20 bits per heavy atom. The quantitative estimate of drug-likeness (QED) is 0.597. The third-order valence-electron chi connectivity index (χ3n) is 5.21. The van der Waals surface area contributed by atoms with E-state index in [0.29, 0.717) is 19.7 Å². The Kier molecular flexibility index (Phi) is 6.05. The van der Waals surface area contributed by atoms with E-state index in [2.05, 4.69) is 5.16 Å². The second-order valence-electron chi connectivity index (χ2n) is 7.26. The van der Waals surface area contributed by atoms with Crippen molar-refractivity contribution in [2.45, 2.75) is 26.4 Å². The molecule has 1 atom stereocenters. The lowest BCUT2D eigenvalue weighted by atomic mass is 10.1. The van der Waals surface area contributed by atoms with E-state index in [1.165, 1.54) is 0 Å². The fourth-order valence-corrected chi connectivity index (χ4v) is 3.62. The number of amides is 1. The smallest absolute Gasteiger partial charge is 0.246 e. The van der Waals surface area contributed by atoms with Gasteiger partial charge in [-0.05, 0) is 30.7 Å². The van der Waals surface area contributed by atoms with E-state index in [-0.39, 0.29) is 12.0 Å². The van der Waals surface area contributed by atoms with Crippen LogP contribution in [0.15, 0.2) is 59.1 Å². The summed E-state index contributed by atoms with van der Waals surface area (Å²) in [6.07, 6.45) is 3.94. The molecule has 4 rings (SSSR count). The van der Waals surface area contributed by atoms with Gasteiger partial charge in [0.25, 0.3) is 0 Å². The van der Waals surface area contributed by atoms with Gasteiger partial charge in [-0.3, -0.25) is 4.79 Å². The SMILES string of the molecule is CCc1onc(C)c1-c1cccc([C@@H]2CN(C(=O)/C=C/c3ccccc3)CCO2)n1. The summed E-state index contributed by atoms with van der Waals surface area (Å²) in [5.41, 5.74) is 4.39. The molecule has 1 aliphatic rings. The summed E-state index contributed by atoms with van der Waals surface area (Å²) in [4.78, 5) is 19.3. The van der Waals surface area contributed by atoms with Gasteiger partial charge < -0.3 is 14.2 Å².